The van der Waals surface area contributed by atoms with Crippen LogP contribution < -0.4 is 0 Å². The highest BCUT2D eigenvalue weighted by atomic mass is 16.4. The lowest BCUT2D eigenvalue weighted by Gasteiger charge is -2.28. The molecule has 6 heteroatoms. The normalized spacial score (nSPS) is 18.0. The van der Waals surface area contributed by atoms with Crippen LogP contribution in [-0.4, -0.2) is 67.8 Å². The van der Waals surface area contributed by atoms with Crippen LogP contribution in [0.25, 0.3) is 6.08 Å². The van der Waals surface area contributed by atoms with Gasteiger partial charge < -0.3 is 30.6 Å². The second-order valence-electron chi connectivity index (χ2n) is 6.26. The van der Waals surface area contributed by atoms with E-state index in [0.717, 1.165) is 18.4 Å². The highest BCUT2D eigenvalue weighted by molar-refractivity contribution is 5.49. The number of hydrogen-bond donors (Lipinski definition) is 6. The topological polar surface area (TPSA) is 121 Å². The molecule has 0 amide bonds. The van der Waals surface area contributed by atoms with Crippen molar-refractivity contribution < 1.29 is 30.6 Å². The SMILES string of the molecule is CCCc1ccc(C=CCCC(O)[C@H](O)[C@@H](O)[C@H](O)[C@H](O)CO)cc1. The Morgan fingerprint density at radius 1 is 0.880 bits per heavy atom. The lowest BCUT2D eigenvalue weighted by molar-refractivity contribution is -0.140. The van der Waals surface area contributed by atoms with Crippen molar-refractivity contribution in [3.8, 4) is 0 Å². The highest BCUT2D eigenvalue weighted by Crippen LogP contribution is 2.13. The Bertz CT molecular complexity index is 501. The molecular weight excluding hydrogens is 324 g/mol. The molecule has 6 nitrogen and oxygen atoms in total. The number of hydrogen-bond acceptors (Lipinski definition) is 6. The van der Waals surface area contributed by atoms with E-state index in [1.807, 2.05) is 24.3 Å². The Morgan fingerprint density at radius 3 is 2.04 bits per heavy atom. The van der Waals surface area contributed by atoms with E-state index in [0.29, 0.717) is 6.42 Å². The van der Waals surface area contributed by atoms with E-state index in [2.05, 4.69) is 19.1 Å². The molecule has 0 saturated carbocycles. The van der Waals surface area contributed by atoms with E-state index in [1.54, 1.807) is 0 Å². The average molecular weight is 354 g/mol. The zero-order chi connectivity index (χ0) is 18.8. The fourth-order valence-corrected chi connectivity index (χ4v) is 2.51. The summed E-state index contributed by atoms with van der Waals surface area (Å²) in [4.78, 5) is 0. The highest BCUT2D eigenvalue weighted by Gasteiger charge is 2.33. The number of rotatable bonds is 11. The monoisotopic (exact) mass is 354 g/mol. The molecule has 0 heterocycles. The Labute approximate surface area is 148 Å². The van der Waals surface area contributed by atoms with Gasteiger partial charge in [0.05, 0.1) is 12.7 Å². The third kappa shape index (κ3) is 7.23. The fraction of sp³-hybridized carbons (Fsp3) is 0.579. The summed E-state index contributed by atoms with van der Waals surface area (Å²) >= 11 is 0. The average Bonchev–Trinajstić information content (AvgIpc) is 2.64. The number of allylic oxidation sites excluding steroid dienone is 1. The number of aliphatic hydroxyl groups is 6. The van der Waals surface area contributed by atoms with Crippen molar-refractivity contribution in [2.24, 2.45) is 0 Å². The number of aryl methyl sites for hydroxylation is 1. The van der Waals surface area contributed by atoms with Gasteiger partial charge in [-0.25, -0.2) is 0 Å². The molecule has 142 valence electrons. The maximum Gasteiger partial charge on any atom is 0.111 e. The molecule has 0 fully saturated rings. The quantitative estimate of drug-likeness (QED) is 0.338. The Balaban J connectivity index is 2.43. The predicted octanol–water partition coefficient (Wildman–Crippen LogP) is 0.229. The molecule has 0 aliphatic heterocycles. The minimum Gasteiger partial charge on any atom is -0.394 e. The van der Waals surface area contributed by atoms with Gasteiger partial charge in [-0.2, -0.15) is 0 Å². The molecule has 1 rings (SSSR count). The first-order valence-electron chi connectivity index (χ1n) is 8.67. The molecule has 1 aromatic rings. The first kappa shape index (κ1) is 21.8. The molecule has 0 spiro atoms. The summed E-state index contributed by atoms with van der Waals surface area (Å²) in [6, 6.07) is 8.18. The smallest absolute Gasteiger partial charge is 0.111 e. The van der Waals surface area contributed by atoms with Crippen LogP contribution in [0.2, 0.25) is 0 Å². The third-order valence-electron chi connectivity index (χ3n) is 4.13. The fourth-order valence-electron chi connectivity index (χ4n) is 2.51. The first-order valence-corrected chi connectivity index (χ1v) is 8.67. The molecule has 1 aromatic carbocycles. The van der Waals surface area contributed by atoms with Crippen LogP contribution in [0.3, 0.4) is 0 Å². The maximum atomic E-state index is 9.88. The van der Waals surface area contributed by atoms with Gasteiger partial charge in [0.25, 0.3) is 0 Å². The van der Waals surface area contributed by atoms with Gasteiger partial charge in [-0.15, -0.1) is 0 Å². The lowest BCUT2D eigenvalue weighted by Crippen LogP contribution is -2.49. The zero-order valence-electron chi connectivity index (χ0n) is 14.6. The van der Waals surface area contributed by atoms with Gasteiger partial charge in [0, 0.05) is 0 Å². The predicted molar refractivity (Wildman–Crippen MR) is 95.8 cm³/mol. The minimum atomic E-state index is -1.74. The summed E-state index contributed by atoms with van der Waals surface area (Å²) in [6.07, 6.45) is -1.34. The maximum absolute atomic E-state index is 9.88. The summed E-state index contributed by atoms with van der Waals surface area (Å²) in [5, 5.41) is 56.9. The van der Waals surface area contributed by atoms with Gasteiger partial charge >= 0.3 is 0 Å². The number of aliphatic hydroxyl groups excluding tert-OH is 6. The van der Waals surface area contributed by atoms with E-state index < -0.39 is 37.1 Å². The van der Waals surface area contributed by atoms with Crippen LogP contribution in [-0.2, 0) is 6.42 Å². The minimum absolute atomic E-state index is 0.185. The second-order valence-corrected chi connectivity index (χ2v) is 6.26. The molecule has 5 atom stereocenters. The molecule has 0 aliphatic carbocycles. The standard InChI is InChI=1S/C19H30O6/c1-2-5-13-8-10-14(11-9-13)6-3-4-7-15(21)17(23)19(25)18(24)16(22)12-20/h3,6,8-11,15-25H,2,4-5,7,12H2,1H3/t15?,16-,17+,18-,19-/m1/s1. The van der Waals surface area contributed by atoms with Crippen molar-refractivity contribution in [1.29, 1.82) is 0 Å². The largest absolute Gasteiger partial charge is 0.394 e. The van der Waals surface area contributed by atoms with E-state index in [-0.39, 0.29) is 6.42 Å². The van der Waals surface area contributed by atoms with Crippen LogP contribution >= 0.6 is 0 Å². The van der Waals surface area contributed by atoms with Gasteiger partial charge in [-0.3, -0.25) is 0 Å². The van der Waals surface area contributed by atoms with E-state index >= 15 is 0 Å². The van der Waals surface area contributed by atoms with E-state index in [4.69, 9.17) is 5.11 Å². The summed E-state index contributed by atoms with van der Waals surface area (Å²) in [6.45, 7) is 1.38. The molecule has 25 heavy (non-hydrogen) atoms. The van der Waals surface area contributed by atoms with Gasteiger partial charge in [0.15, 0.2) is 0 Å². The van der Waals surface area contributed by atoms with Crippen molar-refractivity contribution in [2.75, 3.05) is 6.61 Å². The molecule has 0 saturated heterocycles. The summed E-state index contributed by atoms with van der Waals surface area (Å²) in [5.41, 5.74) is 2.33. The Morgan fingerprint density at radius 2 is 1.48 bits per heavy atom. The first-order chi connectivity index (χ1) is 11.9. The van der Waals surface area contributed by atoms with Crippen LogP contribution in [0.5, 0.6) is 0 Å². The molecule has 0 radical (unpaired) electrons. The Hall–Kier alpha value is -1.28. The van der Waals surface area contributed by atoms with E-state index in [9.17, 15) is 25.5 Å². The van der Waals surface area contributed by atoms with Crippen molar-refractivity contribution in [3.05, 3.63) is 41.5 Å². The molecule has 6 N–H and O–H groups in total. The molecule has 0 aromatic heterocycles. The summed E-state index contributed by atoms with van der Waals surface area (Å²) in [7, 11) is 0. The van der Waals surface area contributed by atoms with Crippen molar-refractivity contribution >= 4 is 6.08 Å². The molecule has 0 aliphatic rings. The van der Waals surface area contributed by atoms with Crippen molar-refractivity contribution in [3.63, 3.8) is 0 Å². The van der Waals surface area contributed by atoms with E-state index in [1.165, 1.54) is 5.56 Å². The van der Waals surface area contributed by atoms with Crippen LogP contribution in [0.1, 0.15) is 37.3 Å². The number of benzene rings is 1. The van der Waals surface area contributed by atoms with Crippen LogP contribution in [0.15, 0.2) is 30.3 Å². The molecular formula is C19H30O6. The lowest BCUT2D eigenvalue weighted by atomic mass is 9.97. The Kier molecular flexibility index (Phi) is 9.89. The third-order valence-corrected chi connectivity index (χ3v) is 4.13. The summed E-state index contributed by atoms with van der Waals surface area (Å²) < 4.78 is 0. The van der Waals surface area contributed by atoms with Crippen LogP contribution in [0.4, 0.5) is 0 Å². The second kappa shape index (κ2) is 11.4. The van der Waals surface area contributed by atoms with Gasteiger partial charge in [0.1, 0.15) is 24.4 Å². The molecule has 0 bridgehead atoms. The zero-order valence-corrected chi connectivity index (χ0v) is 14.6. The molecule has 1 unspecified atom stereocenters. The van der Waals surface area contributed by atoms with Gasteiger partial charge in [-0.05, 0) is 30.4 Å². The van der Waals surface area contributed by atoms with Crippen LogP contribution in [0, 0.1) is 0 Å². The van der Waals surface area contributed by atoms with Crippen molar-refractivity contribution in [1.82, 2.24) is 0 Å². The van der Waals surface area contributed by atoms with Gasteiger partial charge in [0.2, 0.25) is 0 Å². The van der Waals surface area contributed by atoms with Gasteiger partial charge in [-0.1, -0.05) is 49.8 Å². The summed E-state index contributed by atoms with van der Waals surface area (Å²) in [5.74, 6) is 0. The van der Waals surface area contributed by atoms with Crippen molar-refractivity contribution in [2.45, 2.75) is 63.1 Å².